The van der Waals surface area contributed by atoms with Gasteiger partial charge in [-0.3, -0.25) is 4.79 Å². The molecule has 1 aromatic rings. The molecule has 0 unspecified atom stereocenters. The van der Waals surface area contributed by atoms with Crippen LogP contribution in [0.25, 0.3) is 0 Å². The average Bonchev–Trinajstić information content (AvgIpc) is 2.36. The van der Waals surface area contributed by atoms with Crippen LogP contribution in [0.2, 0.25) is 5.02 Å². The van der Waals surface area contributed by atoms with E-state index in [0.717, 1.165) is 0 Å². The predicted molar refractivity (Wildman–Crippen MR) is 68.2 cm³/mol. The van der Waals surface area contributed by atoms with Gasteiger partial charge < -0.3 is 15.8 Å². The van der Waals surface area contributed by atoms with Crippen molar-refractivity contribution in [2.24, 2.45) is 5.73 Å². The van der Waals surface area contributed by atoms with Gasteiger partial charge in [0.15, 0.2) is 0 Å². The highest BCUT2D eigenvalue weighted by Gasteiger charge is 2.11. The number of rotatable bonds is 7. The van der Waals surface area contributed by atoms with E-state index in [4.69, 9.17) is 17.3 Å². The first kappa shape index (κ1) is 15.7. The highest BCUT2D eigenvalue weighted by Crippen LogP contribution is 2.24. The molecule has 0 spiro atoms. The van der Waals surface area contributed by atoms with Gasteiger partial charge in [0, 0.05) is 23.6 Å². The largest absolute Gasteiger partial charge is 0.434 e. The van der Waals surface area contributed by atoms with Crippen molar-refractivity contribution in [2.45, 2.75) is 26.0 Å². The molecule has 106 valence electrons. The van der Waals surface area contributed by atoms with Crippen LogP contribution < -0.4 is 15.8 Å². The van der Waals surface area contributed by atoms with Crippen molar-refractivity contribution < 1.29 is 18.3 Å². The maximum Gasteiger partial charge on any atom is 0.387 e. The highest BCUT2D eigenvalue weighted by molar-refractivity contribution is 6.30. The number of amides is 1. The lowest BCUT2D eigenvalue weighted by Gasteiger charge is -2.12. The number of nitrogens with one attached hydrogen (secondary N) is 1. The van der Waals surface area contributed by atoms with E-state index in [1.165, 1.54) is 18.2 Å². The number of halogens is 3. The van der Waals surface area contributed by atoms with Gasteiger partial charge in [-0.25, -0.2) is 0 Å². The molecule has 0 aromatic heterocycles. The number of ether oxygens (including phenoxy) is 1. The normalized spacial score (nSPS) is 10.6. The van der Waals surface area contributed by atoms with Crippen molar-refractivity contribution in [2.75, 3.05) is 6.54 Å². The molecule has 0 fully saturated rings. The summed E-state index contributed by atoms with van der Waals surface area (Å²) in [6, 6.07) is 4.26. The van der Waals surface area contributed by atoms with E-state index in [-0.39, 0.29) is 18.2 Å². The molecule has 0 aliphatic rings. The lowest BCUT2D eigenvalue weighted by molar-refractivity contribution is -0.121. The fourth-order valence-corrected chi connectivity index (χ4v) is 1.64. The van der Waals surface area contributed by atoms with E-state index in [1.807, 2.05) is 0 Å². The number of alkyl halides is 2. The molecule has 0 radical (unpaired) electrons. The lowest BCUT2D eigenvalue weighted by atomic mass is 10.2. The number of hydrogen-bond donors (Lipinski definition) is 2. The van der Waals surface area contributed by atoms with Gasteiger partial charge in [-0.2, -0.15) is 8.78 Å². The monoisotopic (exact) mass is 292 g/mol. The van der Waals surface area contributed by atoms with Gasteiger partial charge in [-0.1, -0.05) is 11.6 Å². The van der Waals surface area contributed by atoms with E-state index in [0.29, 0.717) is 30.0 Å². The summed E-state index contributed by atoms with van der Waals surface area (Å²) >= 11 is 5.78. The van der Waals surface area contributed by atoms with E-state index in [2.05, 4.69) is 10.1 Å². The molecular weight excluding hydrogens is 278 g/mol. The first-order valence-electron chi connectivity index (χ1n) is 5.73. The average molecular weight is 293 g/mol. The third-order valence-corrected chi connectivity index (χ3v) is 2.56. The second-order valence-corrected chi connectivity index (χ2v) is 4.24. The Bertz CT molecular complexity index is 430. The minimum Gasteiger partial charge on any atom is -0.434 e. The molecule has 0 saturated heterocycles. The van der Waals surface area contributed by atoms with E-state index < -0.39 is 6.61 Å². The first-order chi connectivity index (χ1) is 9.02. The maximum absolute atomic E-state index is 12.2. The summed E-state index contributed by atoms with van der Waals surface area (Å²) in [6.45, 7) is -2.43. The van der Waals surface area contributed by atoms with Gasteiger partial charge in [0.25, 0.3) is 0 Å². The van der Waals surface area contributed by atoms with E-state index in [9.17, 15) is 13.6 Å². The zero-order valence-electron chi connectivity index (χ0n) is 10.2. The maximum atomic E-state index is 12.2. The molecule has 0 heterocycles. The third kappa shape index (κ3) is 5.85. The van der Waals surface area contributed by atoms with Crippen LogP contribution in [0.1, 0.15) is 18.4 Å². The molecule has 1 rings (SSSR count). The van der Waals surface area contributed by atoms with Gasteiger partial charge in [0.05, 0.1) is 0 Å². The van der Waals surface area contributed by atoms with Gasteiger partial charge in [-0.15, -0.1) is 0 Å². The summed E-state index contributed by atoms with van der Waals surface area (Å²) in [5, 5.41) is 2.98. The highest BCUT2D eigenvalue weighted by atomic mass is 35.5. The molecule has 0 atom stereocenters. The summed E-state index contributed by atoms with van der Waals surface area (Å²) in [5.41, 5.74) is 5.68. The van der Waals surface area contributed by atoms with Crippen molar-refractivity contribution in [3.63, 3.8) is 0 Å². The quantitative estimate of drug-likeness (QED) is 0.810. The summed E-state index contributed by atoms with van der Waals surface area (Å²) in [6.07, 6.45) is 0.865. The van der Waals surface area contributed by atoms with Gasteiger partial charge in [-0.05, 0) is 31.2 Å². The first-order valence-corrected chi connectivity index (χ1v) is 6.10. The van der Waals surface area contributed by atoms with Crippen LogP contribution in [0.5, 0.6) is 5.75 Å². The van der Waals surface area contributed by atoms with E-state index in [1.54, 1.807) is 0 Å². The second-order valence-electron chi connectivity index (χ2n) is 3.80. The Morgan fingerprint density at radius 3 is 2.84 bits per heavy atom. The zero-order chi connectivity index (χ0) is 14.3. The Hall–Kier alpha value is -1.40. The molecule has 7 heteroatoms. The summed E-state index contributed by atoms with van der Waals surface area (Å²) in [4.78, 5) is 11.4. The van der Waals surface area contributed by atoms with Gasteiger partial charge in [0.1, 0.15) is 5.75 Å². The van der Waals surface area contributed by atoms with Crippen molar-refractivity contribution >= 4 is 17.5 Å². The Morgan fingerprint density at radius 1 is 1.47 bits per heavy atom. The SMILES string of the molecule is NCCCC(=O)NCc1cc(Cl)ccc1OC(F)F. The molecule has 19 heavy (non-hydrogen) atoms. The Kier molecular flexibility index (Phi) is 6.52. The van der Waals surface area contributed by atoms with Crippen LogP contribution in [0.4, 0.5) is 8.78 Å². The second kappa shape index (κ2) is 7.91. The van der Waals surface area contributed by atoms with Gasteiger partial charge in [0.2, 0.25) is 5.91 Å². The van der Waals surface area contributed by atoms with Crippen molar-refractivity contribution in [3.05, 3.63) is 28.8 Å². The fraction of sp³-hybridized carbons (Fsp3) is 0.417. The molecule has 4 nitrogen and oxygen atoms in total. The van der Waals surface area contributed by atoms with Crippen LogP contribution in [0.3, 0.4) is 0 Å². The number of nitrogens with two attached hydrogens (primary N) is 1. The zero-order valence-corrected chi connectivity index (χ0v) is 10.9. The molecule has 0 aliphatic carbocycles. The van der Waals surface area contributed by atoms with Crippen LogP contribution in [-0.2, 0) is 11.3 Å². The molecule has 3 N–H and O–H groups in total. The topological polar surface area (TPSA) is 64.4 Å². The number of carbonyl (C=O) groups excluding carboxylic acids is 1. The number of carbonyl (C=O) groups is 1. The Labute approximate surface area is 114 Å². The minimum atomic E-state index is -2.92. The van der Waals surface area contributed by atoms with Crippen LogP contribution in [0.15, 0.2) is 18.2 Å². The summed E-state index contributed by atoms with van der Waals surface area (Å²) < 4.78 is 28.8. The molecule has 0 bridgehead atoms. The van der Waals surface area contributed by atoms with Crippen LogP contribution >= 0.6 is 11.6 Å². The summed E-state index contributed by atoms with van der Waals surface area (Å²) in [5.74, 6) is -0.202. The predicted octanol–water partition coefficient (Wildman–Crippen LogP) is 2.30. The van der Waals surface area contributed by atoms with Crippen molar-refractivity contribution in [1.29, 1.82) is 0 Å². The number of benzene rings is 1. The third-order valence-electron chi connectivity index (χ3n) is 2.32. The summed E-state index contributed by atoms with van der Waals surface area (Å²) in [7, 11) is 0. The smallest absolute Gasteiger partial charge is 0.387 e. The molecule has 0 saturated carbocycles. The van der Waals surface area contributed by atoms with Gasteiger partial charge >= 0.3 is 6.61 Å². The molecule has 0 aliphatic heterocycles. The fourth-order valence-electron chi connectivity index (χ4n) is 1.44. The molecule has 1 amide bonds. The molecule has 1 aromatic carbocycles. The van der Waals surface area contributed by atoms with Crippen molar-refractivity contribution in [1.82, 2.24) is 5.32 Å². The Morgan fingerprint density at radius 2 is 2.21 bits per heavy atom. The standard InChI is InChI=1S/C12H15ClF2N2O2/c13-9-3-4-10(19-12(14)15)8(6-9)7-17-11(18)2-1-5-16/h3-4,6,12H,1-2,5,7,16H2,(H,17,18). The Balaban J connectivity index is 2.65. The number of hydrogen-bond acceptors (Lipinski definition) is 3. The minimum absolute atomic E-state index is 0.00137. The van der Waals surface area contributed by atoms with Crippen LogP contribution in [0, 0.1) is 0 Å². The molecular formula is C12H15ClF2N2O2. The van der Waals surface area contributed by atoms with Crippen LogP contribution in [-0.4, -0.2) is 19.1 Å². The van der Waals surface area contributed by atoms with E-state index >= 15 is 0 Å². The van der Waals surface area contributed by atoms with Crippen molar-refractivity contribution in [3.8, 4) is 5.75 Å². The lowest BCUT2D eigenvalue weighted by Crippen LogP contribution is -2.23.